The van der Waals surface area contributed by atoms with Crippen molar-refractivity contribution in [1.82, 2.24) is 0 Å². The van der Waals surface area contributed by atoms with E-state index in [0.29, 0.717) is 29.4 Å². The van der Waals surface area contributed by atoms with Crippen LogP contribution in [0.5, 0.6) is 17.2 Å². The van der Waals surface area contributed by atoms with Crippen LogP contribution in [0.1, 0.15) is 66.7 Å². The normalized spacial score (nSPS) is 11.6. The molecule has 0 spiro atoms. The summed E-state index contributed by atoms with van der Waals surface area (Å²) >= 11 is 0. The minimum atomic E-state index is -0.679. The maximum absolute atomic E-state index is 12.4. The predicted octanol–water partition coefficient (Wildman–Crippen LogP) is 4.33. The van der Waals surface area contributed by atoms with Gasteiger partial charge in [0.05, 0.1) is 18.7 Å². The zero-order valence-corrected chi connectivity index (χ0v) is 19.9. The summed E-state index contributed by atoms with van der Waals surface area (Å²) in [7, 11) is 0. The third-order valence-electron chi connectivity index (χ3n) is 5.28. The lowest BCUT2D eigenvalue weighted by molar-refractivity contribution is -0.147. The molecule has 1 heterocycles. The topological polar surface area (TPSA) is 117 Å². The number of carbonyl (C=O) groups excluding carboxylic acids is 4. The molecule has 0 atom stereocenters. The summed E-state index contributed by atoms with van der Waals surface area (Å²) < 4.78 is 21.1. The zero-order chi connectivity index (χ0) is 25.2. The van der Waals surface area contributed by atoms with Crippen molar-refractivity contribution in [3.05, 3.63) is 47.5 Å². The first-order valence-corrected chi connectivity index (χ1v) is 11.5. The molecule has 9 heteroatoms. The van der Waals surface area contributed by atoms with Crippen molar-refractivity contribution in [1.29, 1.82) is 0 Å². The number of benzene rings is 2. The average molecular weight is 484 g/mol. The molecule has 0 bridgehead atoms. The van der Waals surface area contributed by atoms with Gasteiger partial charge in [0.15, 0.2) is 29.7 Å². The van der Waals surface area contributed by atoms with Gasteiger partial charge >= 0.3 is 5.97 Å². The summed E-state index contributed by atoms with van der Waals surface area (Å²) in [5, 5.41) is 2.54. The van der Waals surface area contributed by atoms with Gasteiger partial charge in [-0.25, -0.2) is 0 Å². The quantitative estimate of drug-likeness (QED) is 0.254. The van der Waals surface area contributed by atoms with Crippen molar-refractivity contribution in [3.63, 3.8) is 0 Å². The number of fused-ring (bicyclic) bond motifs is 1. The van der Waals surface area contributed by atoms with Gasteiger partial charge in [-0.15, -0.1) is 0 Å². The Labute approximate surface area is 203 Å². The van der Waals surface area contributed by atoms with Gasteiger partial charge in [0, 0.05) is 23.6 Å². The Kier molecular flexibility index (Phi) is 9.23. The summed E-state index contributed by atoms with van der Waals surface area (Å²) in [6.07, 6.45) is 2.99. The second-order valence-electron chi connectivity index (χ2n) is 8.02. The van der Waals surface area contributed by atoms with Crippen LogP contribution in [0.15, 0.2) is 36.4 Å². The third-order valence-corrected chi connectivity index (χ3v) is 5.28. The zero-order valence-electron chi connectivity index (χ0n) is 19.9. The standard InChI is InChI=1S/C26H29NO8/c1-3-4-5-12-32-19-8-6-18(7-9-19)22(29)10-11-26(31)33-15-25(30)27-21-14-24-23(34-16-35-24)13-20(21)17(2)28/h6-9,13-14H,3-5,10-12,15-16H2,1-2H3,(H,27,30). The maximum atomic E-state index is 12.4. The first-order valence-electron chi connectivity index (χ1n) is 11.5. The molecule has 1 amide bonds. The number of amides is 1. The molecule has 186 valence electrons. The molecule has 9 nitrogen and oxygen atoms in total. The van der Waals surface area contributed by atoms with Gasteiger partial charge in [-0.2, -0.15) is 0 Å². The first kappa shape index (κ1) is 25.7. The van der Waals surface area contributed by atoms with Gasteiger partial charge in [-0.1, -0.05) is 19.8 Å². The number of esters is 1. The summed E-state index contributed by atoms with van der Waals surface area (Å²) in [6.45, 7) is 3.58. The van der Waals surface area contributed by atoms with Crippen molar-refractivity contribution in [3.8, 4) is 17.2 Å². The van der Waals surface area contributed by atoms with E-state index in [-0.39, 0.29) is 42.5 Å². The molecule has 0 aliphatic carbocycles. The fourth-order valence-electron chi connectivity index (χ4n) is 3.38. The number of hydrogen-bond acceptors (Lipinski definition) is 8. The van der Waals surface area contributed by atoms with E-state index < -0.39 is 18.5 Å². The van der Waals surface area contributed by atoms with E-state index in [4.69, 9.17) is 18.9 Å². The third kappa shape index (κ3) is 7.56. The maximum Gasteiger partial charge on any atom is 0.306 e. The van der Waals surface area contributed by atoms with Crippen molar-refractivity contribution >= 4 is 29.1 Å². The molecule has 0 aromatic heterocycles. The second-order valence-corrected chi connectivity index (χ2v) is 8.02. The average Bonchev–Trinajstić information content (AvgIpc) is 3.31. The lowest BCUT2D eigenvalue weighted by Crippen LogP contribution is -2.22. The highest BCUT2D eigenvalue weighted by Gasteiger charge is 2.21. The van der Waals surface area contributed by atoms with E-state index in [1.165, 1.54) is 19.1 Å². The smallest absolute Gasteiger partial charge is 0.306 e. The fraction of sp³-hybridized carbons (Fsp3) is 0.385. The Morgan fingerprint density at radius 1 is 0.971 bits per heavy atom. The molecule has 1 aliphatic heterocycles. The number of rotatable bonds is 13. The van der Waals surface area contributed by atoms with Crippen molar-refractivity contribution in [2.24, 2.45) is 0 Å². The summed E-state index contributed by atoms with van der Waals surface area (Å²) in [5.41, 5.74) is 0.948. The Morgan fingerprint density at radius 2 is 1.69 bits per heavy atom. The highest BCUT2D eigenvalue weighted by molar-refractivity contribution is 6.05. The molecule has 0 radical (unpaired) electrons. The minimum Gasteiger partial charge on any atom is -0.494 e. The van der Waals surface area contributed by atoms with Crippen molar-refractivity contribution in [2.75, 3.05) is 25.3 Å². The van der Waals surface area contributed by atoms with Gasteiger partial charge in [-0.05, 0) is 43.7 Å². The lowest BCUT2D eigenvalue weighted by Gasteiger charge is -2.11. The number of unbranched alkanes of at least 4 members (excludes halogenated alkanes) is 2. The van der Waals surface area contributed by atoms with Gasteiger partial charge < -0.3 is 24.3 Å². The molecule has 3 rings (SSSR count). The summed E-state index contributed by atoms with van der Waals surface area (Å²) in [5.74, 6) is -0.281. The number of carbonyl (C=O) groups is 4. The van der Waals surface area contributed by atoms with Gasteiger partial charge in [0.25, 0.3) is 5.91 Å². The molecular formula is C26H29NO8. The SMILES string of the molecule is CCCCCOc1ccc(C(=O)CCC(=O)OCC(=O)Nc2cc3c(cc2C(C)=O)OCO3)cc1. The molecule has 0 unspecified atom stereocenters. The monoisotopic (exact) mass is 483 g/mol. The summed E-state index contributed by atoms with van der Waals surface area (Å²) in [4.78, 5) is 48.5. The fourth-order valence-corrected chi connectivity index (χ4v) is 3.38. The van der Waals surface area contributed by atoms with Crippen LogP contribution in [0, 0.1) is 0 Å². The summed E-state index contributed by atoms with van der Waals surface area (Å²) in [6, 6.07) is 9.75. The van der Waals surface area contributed by atoms with Crippen LogP contribution in [-0.2, 0) is 14.3 Å². The second kappa shape index (κ2) is 12.5. The minimum absolute atomic E-state index is 0.0252. The highest BCUT2D eigenvalue weighted by Crippen LogP contribution is 2.37. The van der Waals surface area contributed by atoms with Crippen LogP contribution in [0.25, 0.3) is 0 Å². The van der Waals surface area contributed by atoms with E-state index in [1.807, 2.05) is 0 Å². The Bertz CT molecular complexity index is 1080. The molecule has 0 saturated carbocycles. The first-order chi connectivity index (χ1) is 16.9. The molecular weight excluding hydrogens is 454 g/mol. The van der Waals surface area contributed by atoms with Crippen LogP contribution < -0.4 is 19.5 Å². The Hall–Kier alpha value is -3.88. The number of Topliss-reactive ketones (excluding diaryl/α,β-unsaturated/α-hetero) is 2. The molecule has 35 heavy (non-hydrogen) atoms. The predicted molar refractivity (Wildman–Crippen MR) is 127 cm³/mol. The van der Waals surface area contributed by atoms with Gasteiger partial charge in [0.2, 0.25) is 6.79 Å². The van der Waals surface area contributed by atoms with Crippen LogP contribution in [0.4, 0.5) is 5.69 Å². The van der Waals surface area contributed by atoms with Crippen molar-refractivity contribution in [2.45, 2.75) is 46.0 Å². The van der Waals surface area contributed by atoms with E-state index in [0.717, 1.165) is 19.3 Å². The number of nitrogens with one attached hydrogen (secondary N) is 1. The molecule has 2 aromatic rings. The molecule has 1 N–H and O–H groups in total. The highest BCUT2D eigenvalue weighted by atomic mass is 16.7. The van der Waals surface area contributed by atoms with Crippen LogP contribution >= 0.6 is 0 Å². The van der Waals surface area contributed by atoms with Crippen LogP contribution in [0.2, 0.25) is 0 Å². The van der Waals surface area contributed by atoms with E-state index in [2.05, 4.69) is 12.2 Å². The molecule has 1 aliphatic rings. The van der Waals surface area contributed by atoms with Crippen molar-refractivity contribution < 1.29 is 38.1 Å². The van der Waals surface area contributed by atoms with E-state index in [9.17, 15) is 19.2 Å². The van der Waals surface area contributed by atoms with Crippen LogP contribution in [0.3, 0.4) is 0 Å². The van der Waals surface area contributed by atoms with E-state index >= 15 is 0 Å². The number of ether oxygens (including phenoxy) is 4. The lowest BCUT2D eigenvalue weighted by atomic mass is 10.1. The van der Waals surface area contributed by atoms with E-state index in [1.54, 1.807) is 24.3 Å². The number of anilines is 1. The number of hydrogen-bond donors (Lipinski definition) is 1. The largest absolute Gasteiger partial charge is 0.494 e. The molecule has 0 saturated heterocycles. The number of ketones is 2. The van der Waals surface area contributed by atoms with Gasteiger partial charge in [-0.3, -0.25) is 19.2 Å². The molecule has 0 fully saturated rings. The Balaban J connectivity index is 1.42. The molecule has 2 aromatic carbocycles. The Morgan fingerprint density at radius 3 is 2.37 bits per heavy atom. The van der Waals surface area contributed by atoms with Gasteiger partial charge in [0.1, 0.15) is 5.75 Å². The van der Waals surface area contributed by atoms with Crippen LogP contribution in [-0.4, -0.2) is 43.4 Å².